The molecule has 1 saturated heterocycles. The van der Waals surface area contributed by atoms with E-state index in [1.165, 1.54) is 36.1 Å². The lowest BCUT2D eigenvalue weighted by molar-refractivity contribution is -0.312. The Morgan fingerprint density at radius 2 is 1.89 bits per heavy atom. The first-order chi connectivity index (χ1) is 21.5. The zero-order valence-electron chi connectivity index (χ0n) is 26.5. The molecule has 7 nitrogen and oxygen atoms in total. The highest BCUT2D eigenvalue weighted by Gasteiger charge is 2.83. The molecule has 2 aromatic carbocycles. The summed E-state index contributed by atoms with van der Waals surface area (Å²) in [5, 5.41) is 0. The van der Waals surface area contributed by atoms with Crippen molar-refractivity contribution in [3.05, 3.63) is 59.2 Å². The van der Waals surface area contributed by atoms with E-state index in [1.807, 2.05) is 14.0 Å². The van der Waals surface area contributed by atoms with E-state index in [0.717, 1.165) is 49.6 Å². The smallest absolute Gasteiger partial charge is 0.305 e. The van der Waals surface area contributed by atoms with Gasteiger partial charge in [0.1, 0.15) is 11.7 Å². The lowest BCUT2D eigenvalue weighted by atomic mass is 9.31. The number of carbonyl (C=O) groups excluding carboxylic acids is 1. The van der Waals surface area contributed by atoms with Crippen molar-refractivity contribution in [3.63, 3.8) is 0 Å². The highest BCUT2D eigenvalue weighted by atomic mass is 16.6. The second-order valence-corrected chi connectivity index (χ2v) is 14.3. The Morgan fingerprint density at radius 1 is 1.05 bits per heavy atom. The van der Waals surface area contributed by atoms with Gasteiger partial charge in [0.05, 0.1) is 26.9 Å². The van der Waals surface area contributed by atoms with Crippen LogP contribution in [0.5, 0.6) is 11.5 Å². The minimum absolute atomic E-state index is 0.0499. The summed E-state index contributed by atoms with van der Waals surface area (Å²) in [5.74, 6) is 2.77. The molecule has 1 unspecified atom stereocenters. The molecule has 4 bridgehead atoms. The molecule has 2 heterocycles. The van der Waals surface area contributed by atoms with Crippen molar-refractivity contribution in [2.75, 3.05) is 40.5 Å². The Bertz CT molecular complexity index is 1410. The lowest BCUT2D eigenvalue weighted by Crippen LogP contribution is -2.84. The first-order valence-corrected chi connectivity index (χ1v) is 17.0. The van der Waals surface area contributed by atoms with Crippen molar-refractivity contribution < 1.29 is 28.5 Å². The van der Waals surface area contributed by atoms with Crippen LogP contribution in [0.3, 0.4) is 0 Å². The second-order valence-electron chi connectivity index (χ2n) is 14.3. The summed E-state index contributed by atoms with van der Waals surface area (Å²) in [6, 6.07) is 15.3. The first kappa shape index (κ1) is 28.8. The summed E-state index contributed by atoms with van der Waals surface area (Å²) in [6.07, 6.45) is 7.76. The number of ether oxygens (including phenoxy) is 5. The number of carbonyl (C=O) groups is 1. The van der Waals surface area contributed by atoms with Crippen molar-refractivity contribution in [3.8, 4) is 11.5 Å². The van der Waals surface area contributed by atoms with Gasteiger partial charge in [-0.25, -0.2) is 0 Å². The predicted octanol–water partition coefficient (Wildman–Crippen LogP) is 5.71. The zero-order valence-corrected chi connectivity index (χ0v) is 26.5. The summed E-state index contributed by atoms with van der Waals surface area (Å²) in [5.41, 5.74) is 3.24. The molecule has 5 fully saturated rings. The van der Waals surface area contributed by atoms with Crippen LogP contribution in [0.4, 0.5) is 0 Å². The Balaban J connectivity index is 1.28. The van der Waals surface area contributed by atoms with Gasteiger partial charge in [-0.1, -0.05) is 36.4 Å². The summed E-state index contributed by atoms with van der Waals surface area (Å²) in [7, 11) is 3.63. The maximum atomic E-state index is 12.9. The Morgan fingerprint density at radius 3 is 2.64 bits per heavy atom. The number of piperidine rings is 1. The molecule has 0 radical (unpaired) electrons. The highest BCUT2D eigenvalue weighted by Crippen LogP contribution is 2.78. The van der Waals surface area contributed by atoms with E-state index >= 15 is 0 Å². The number of nitrogens with zero attached hydrogens (tertiary/aromatic N) is 1. The third-order valence-electron chi connectivity index (χ3n) is 12.7. The molecular weight excluding hydrogens is 554 g/mol. The van der Waals surface area contributed by atoms with Gasteiger partial charge in [0.15, 0.2) is 11.5 Å². The Hall–Kier alpha value is -2.61. The zero-order chi connectivity index (χ0) is 30.1. The van der Waals surface area contributed by atoms with Crippen molar-refractivity contribution in [1.29, 1.82) is 0 Å². The maximum absolute atomic E-state index is 12.9. The number of hydrogen-bond donors (Lipinski definition) is 0. The number of esters is 1. The number of methoxy groups -OCH3 is 2. The molecule has 2 aromatic rings. The average Bonchev–Trinajstić information content (AvgIpc) is 3.79. The SMILES string of the molecule is CCOC(=O)CC[C@H]1[C@H](COCc2ccccc2)[C@@]23CC[C@]1(OC)C1Oc4c(OC)ccc5c4[C@@]12CCN(CC1CC1)[C@@H]3C5. The second kappa shape index (κ2) is 10.7. The maximum Gasteiger partial charge on any atom is 0.305 e. The van der Waals surface area contributed by atoms with Crippen LogP contribution in [0.2, 0.25) is 0 Å². The van der Waals surface area contributed by atoms with E-state index in [0.29, 0.717) is 38.7 Å². The van der Waals surface area contributed by atoms with Crippen molar-refractivity contribution in [2.24, 2.45) is 23.2 Å². The normalized spacial score (nSPS) is 36.1. The molecule has 236 valence electrons. The van der Waals surface area contributed by atoms with Crippen molar-refractivity contribution >= 4 is 5.97 Å². The van der Waals surface area contributed by atoms with E-state index in [-0.39, 0.29) is 34.7 Å². The number of rotatable bonds is 12. The standard InChI is InChI=1S/C37H47NO6/c1-4-43-31(39)15-13-27-28(23-42-22-25-8-6-5-7-9-25)35-16-17-37(27,41-3)34-36(35)18-19-38(21-24-10-11-24)30(35)20-26-12-14-29(40-2)33(44-34)32(26)36/h5-9,12,14,24,27-28,30,34H,4,10-11,13,15-23H2,1-3H3/t27-,28-,30+,34?,35+,36-,37+/m0/s1. The molecule has 4 saturated carbocycles. The van der Waals surface area contributed by atoms with Crippen molar-refractivity contribution in [2.45, 2.75) is 88.1 Å². The van der Waals surface area contributed by atoms with E-state index in [2.05, 4.69) is 47.4 Å². The number of benzene rings is 2. The summed E-state index contributed by atoms with van der Waals surface area (Å²) >= 11 is 0. The molecule has 0 aromatic heterocycles. The molecule has 7 heteroatoms. The van der Waals surface area contributed by atoms with E-state index in [1.54, 1.807) is 7.11 Å². The molecule has 5 aliphatic carbocycles. The van der Waals surface area contributed by atoms with Crippen LogP contribution in [0.1, 0.15) is 68.6 Å². The highest BCUT2D eigenvalue weighted by molar-refractivity contribution is 5.69. The van der Waals surface area contributed by atoms with Crippen LogP contribution in [0.25, 0.3) is 0 Å². The molecule has 9 rings (SSSR count). The molecule has 2 spiro atoms. The molecule has 44 heavy (non-hydrogen) atoms. The van der Waals surface area contributed by atoms with Gasteiger partial charge >= 0.3 is 5.97 Å². The summed E-state index contributed by atoms with van der Waals surface area (Å²) < 4.78 is 32.2. The molecule has 0 amide bonds. The minimum atomic E-state index is -0.531. The quantitative estimate of drug-likeness (QED) is 0.289. The van der Waals surface area contributed by atoms with Gasteiger partial charge in [-0.3, -0.25) is 9.69 Å². The van der Waals surface area contributed by atoms with Crippen LogP contribution >= 0.6 is 0 Å². The fourth-order valence-corrected chi connectivity index (χ4v) is 11.1. The van der Waals surface area contributed by atoms with Crippen LogP contribution in [0.15, 0.2) is 42.5 Å². The predicted molar refractivity (Wildman–Crippen MR) is 166 cm³/mol. The van der Waals surface area contributed by atoms with E-state index < -0.39 is 5.60 Å². The van der Waals surface area contributed by atoms with Gasteiger partial charge in [0.25, 0.3) is 0 Å². The Labute approximate surface area is 261 Å². The van der Waals surface area contributed by atoms with Crippen LogP contribution < -0.4 is 9.47 Å². The monoisotopic (exact) mass is 601 g/mol. The van der Waals surface area contributed by atoms with Crippen molar-refractivity contribution in [1.82, 2.24) is 4.90 Å². The Kier molecular flexibility index (Phi) is 7.04. The van der Waals surface area contributed by atoms with Crippen LogP contribution in [-0.2, 0) is 37.4 Å². The lowest BCUT2D eigenvalue weighted by Gasteiger charge is -2.76. The number of hydrogen-bond acceptors (Lipinski definition) is 7. The molecule has 0 N–H and O–H groups in total. The van der Waals surface area contributed by atoms with E-state index in [4.69, 9.17) is 23.7 Å². The van der Waals surface area contributed by atoms with Gasteiger partial charge in [-0.15, -0.1) is 0 Å². The average molecular weight is 602 g/mol. The third kappa shape index (κ3) is 3.88. The molecule has 7 aliphatic rings. The van der Waals surface area contributed by atoms with Crippen LogP contribution in [0, 0.1) is 23.2 Å². The van der Waals surface area contributed by atoms with Gasteiger partial charge < -0.3 is 23.7 Å². The largest absolute Gasteiger partial charge is 0.493 e. The summed E-state index contributed by atoms with van der Waals surface area (Å²) in [6.45, 7) is 5.78. The van der Waals surface area contributed by atoms with Gasteiger partial charge in [0, 0.05) is 42.5 Å². The number of likely N-dealkylation sites (tertiary alicyclic amines) is 1. The molecule has 2 aliphatic heterocycles. The molecular formula is C37H47NO6. The van der Waals surface area contributed by atoms with Gasteiger partial charge in [-0.05, 0) is 93.4 Å². The van der Waals surface area contributed by atoms with Gasteiger partial charge in [-0.2, -0.15) is 0 Å². The summed E-state index contributed by atoms with van der Waals surface area (Å²) in [4.78, 5) is 15.7. The van der Waals surface area contributed by atoms with E-state index in [9.17, 15) is 4.79 Å². The van der Waals surface area contributed by atoms with Crippen LogP contribution in [-0.4, -0.2) is 69.1 Å². The topological polar surface area (TPSA) is 66.5 Å². The minimum Gasteiger partial charge on any atom is -0.493 e. The fraction of sp³-hybridized carbons (Fsp3) is 0.649. The molecule has 7 atom stereocenters. The first-order valence-electron chi connectivity index (χ1n) is 17.0. The van der Waals surface area contributed by atoms with Gasteiger partial charge in [0.2, 0.25) is 0 Å². The third-order valence-corrected chi connectivity index (χ3v) is 12.7. The fourth-order valence-electron chi connectivity index (χ4n) is 11.1. The number of fused-ring (bicyclic) bond motifs is 2.